The van der Waals surface area contributed by atoms with Crippen LogP contribution in [0.5, 0.6) is 0 Å². The maximum Gasteiger partial charge on any atom is 0.232 e. The summed E-state index contributed by atoms with van der Waals surface area (Å²) >= 11 is 0. The first-order valence-electron chi connectivity index (χ1n) is 11.6. The van der Waals surface area contributed by atoms with Gasteiger partial charge in [0.05, 0.1) is 18.4 Å². The lowest BCUT2D eigenvalue weighted by Gasteiger charge is -2.41. The molecule has 1 N–H and O–H groups in total. The van der Waals surface area contributed by atoms with Crippen molar-refractivity contribution >= 4 is 18.0 Å². The molecule has 0 aliphatic carbocycles. The third kappa shape index (κ3) is 4.51. The zero-order valence-corrected chi connectivity index (χ0v) is 20.0. The quantitative estimate of drug-likeness (QED) is 0.465. The fourth-order valence-corrected chi connectivity index (χ4v) is 4.42. The zero-order chi connectivity index (χ0) is 23.7. The van der Waals surface area contributed by atoms with E-state index in [2.05, 4.69) is 59.4 Å². The van der Waals surface area contributed by atoms with Crippen LogP contribution >= 0.6 is 0 Å². The SMILES string of the molecule is Cc1cccc(/C=N/NC2C=C(N3CC(C)OC(C)C3)n3nc(-c4ccncc4)nc3N2C)c1. The fraction of sp³-hybridized carbons (Fsp3) is 0.360. The molecule has 9 nitrogen and oxygen atoms in total. The van der Waals surface area contributed by atoms with Crippen LogP contribution in [0.2, 0.25) is 0 Å². The molecule has 3 unspecified atom stereocenters. The number of anilines is 1. The smallest absolute Gasteiger partial charge is 0.232 e. The highest BCUT2D eigenvalue weighted by atomic mass is 16.5. The predicted molar refractivity (Wildman–Crippen MR) is 133 cm³/mol. The molecule has 2 aliphatic heterocycles. The van der Waals surface area contributed by atoms with Gasteiger partial charge in [0.2, 0.25) is 5.95 Å². The monoisotopic (exact) mass is 458 g/mol. The lowest BCUT2D eigenvalue weighted by Crippen LogP contribution is -2.50. The lowest BCUT2D eigenvalue weighted by molar-refractivity contribution is -0.0526. The van der Waals surface area contributed by atoms with Gasteiger partial charge in [-0.15, -0.1) is 5.10 Å². The van der Waals surface area contributed by atoms with Crippen molar-refractivity contribution in [3.05, 3.63) is 66.0 Å². The Bertz CT molecular complexity index is 1190. The number of hydrogen-bond acceptors (Lipinski definition) is 8. The van der Waals surface area contributed by atoms with E-state index in [1.165, 1.54) is 5.56 Å². The topological polar surface area (TPSA) is 83.7 Å². The number of ether oxygens (including phenoxy) is 1. The molecule has 3 aromatic rings. The predicted octanol–water partition coefficient (Wildman–Crippen LogP) is 2.96. The number of fused-ring (bicyclic) bond motifs is 1. The summed E-state index contributed by atoms with van der Waals surface area (Å²) in [5.74, 6) is 2.39. The number of morpholine rings is 1. The number of hydrazone groups is 1. The molecular formula is C25H30N8O. The van der Waals surface area contributed by atoms with Crippen LogP contribution in [-0.4, -0.2) is 69.4 Å². The molecule has 3 atom stereocenters. The van der Waals surface area contributed by atoms with Gasteiger partial charge >= 0.3 is 0 Å². The molecule has 9 heteroatoms. The van der Waals surface area contributed by atoms with Crippen molar-refractivity contribution in [2.45, 2.75) is 39.1 Å². The summed E-state index contributed by atoms with van der Waals surface area (Å²) in [6.07, 6.45) is 7.57. The lowest BCUT2D eigenvalue weighted by atomic mass is 10.2. The van der Waals surface area contributed by atoms with Crippen molar-refractivity contribution in [2.75, 3.05) is 25.0 Å². The molecule has 0 saturated carbocycles. The first-order chi connectivity index (χ1) is 16.5. The Balaban J connectivity index is 1.48. The normalized spacial score (nSPS) is 22.6. The molecular weight excluding hydrogens is 428 g/mol. The van der Waals surface area contributed by atoms with Crippen LogP contribution in [0.1, 0.15) is 25.0 Å². The van der Waals surface area contributed by atoms with Gasteiger partial charge in [-0.1, -0.05) is 29.8 Å². The van der Waals surface area contributed by atoms with Crippen LogP contribution < -0.4 is 10.3 Å². The van der Waals surface area contributed by atoms with E-state index in [-0.39, 0.29) is 18.4 Å². The summed E-state index contributed by atoms with van der Waals surface area (Å²) in [6, 6.07) is 12.1. The molecule has 5 rings (SSSR count). The van der Waals surface area contributed by atoms with Crippen molar-refractivity contribution in [1.29, 1.82) is 0 Å². The number of aromatic nitrogens is 4. The second-order valence-electron chi connectivity index (χ2n) is 8.93. The maximum atomic E-state index is 5.97. The van der Waals surface area contributed by atoms with Gasteiger partial charge in [-0.25, -0.2) is 0 Å². The second kappa shape index (κ2) is 9.26. The number of nitrogens with one attached hydrogen (secondary N) is 1. The van der Waals surface area contributed by atoms with Crippen molar-refractivity contribution in [1.82, 2.24) is 30.1 Å². The molecule has 0 spiro atoms. The molecule has 4 heterocycles. The molecule has 34 heavy (non-hydrogen) atoms. The van der Waals surface area contributed by atoms with Crippen LogP contribution in [-0.2, 0) is 4.74 Å². The van der Waals surface area contributed by atoms with Crippen LogP contribution in [0.15, 0.2) is 60.0 Å². The minimum atomic E-state index is -0.188. The zero-order valence-electron chi connectivity index (χ0n) is 20.0. The first-order valence-corrected chi connectivity index (χ1v) is 11.6. The summed E-state index contributed by atoms with van der Waals surface area (Å²) in [5.41, 5.74) is 6.47. The molecule has 1 fully saturated rings. The van der Waals surface area contributed by atoms with E-state index >= 15 is 0 Å². The van der Waals surface area contributed by atoms with Crippen LogP contribution in [0.3, 0.4) is 0 Å². The highest BCUT2D eigenvalue weighted by Gasteiger charge is 2.33. The second-order valence-corrected chi connectivity index (χ2v) is 8.93. The molecule has 2 aromatic heterocycles. The van der Waals surface area contributed by atoms with Crippen molar-refractivity contribution in [3.8, 4) is 11.4 Å². The Morgan fingerprint density at radius 3 is 2.62 bits per heavy atom. The van der Waals surface area contributed by atoms with Crippen molar-refractivity contribution in [3.63, 3.8) is 0 Å². The molecule has 0 bridgehead atoms. The number of rotatable bonds is 5. The van der Waals surface area contributed by atoms with Gasteiger partial charge in [0, 0.05) is 44.2 Å². The maximum absolute atomic E-state index is 5.97. The summed E-state index contributed by atoms with van der Waals surface area (Å²) in [6.45, 7) is 7.84. The molecule has 176 valence electrons. The van der Waals surface area contributed by atoms with E-state index in [0.717, 1.165) is 36.0 Å². The van der Waals surface area contributed by atoms with Gasteiger partial charge in [-0.05, 0) is 38.5 Å². The van der Waals surface area contributed by atoms with Gasteiger partial charge in [-0.2, -0.15) is 14.8 Å². The Labute approximate surface area is 199 Å². The van der Waals surface area contributed by atoms with E-state index < -0.39 is 0 Å². The van der Waals surface area contributed by atoms with Crippen molar-refractivity contribution in [2.24, 2.45) is 5.10 Å². The fourth-order valence-electron chi connectivity index (χ4n) is 4.42. The molecule has 2 aliphatic rings. The van der Waals surface area contributed by atoms with E-state index in [9.17, 15) is 0 Å². The Morgan fingerprint density at radius 1 is 1.12 bits per heavy atom. The average Bonchev–Trinajstić information content (AvgIpc) is 3.27. The summed E-state index contributed by atoms with van der Waals surface area (Å²) in [5, 5.41) is 9.40. The Kier molecular flexibility index (Phi) is 6.02. The third-order valence-corrected chi connectivity index (χ3v) is 5.99. The summed E-state index contributed by atoms with van der Waals surface area (Å²) in [4.78, 5) is 13.4. The first kappa shape index (κ1) is 22.1. The number of pyridine rings is 1. The van der Waals surface area contributed by atoms with Crippen molar-refractivity contribution < 1.29 is 4.74 Å². The number of aryl methyl sites for hydroxylation is 1. The standard InChI is InChI=1S/C25H30N8O/c1-17-6-5-7-20(12-17)14-27-29-22-13-23(32-15-18(2)34-19(3)16-32)33-25(31(22)4)28-24(30-33)21-8-10-26-11-9-21/h5-14,18-19,22,29H,15-16H2,1-4H3/b27-14+. The van der Waals surface area contributed by atoms with E-state index in [0.29, 0.717) is 5.82 Å². The number of likely N-dealkylation sites (N-methyl/N-ethyl adjacent to an activating group) is 1. The highest BCUT2D eigenvalue weighted by molar-refractivity contribution is 5.79. The van der Waals surface area contributed by atoms with Gasteiger partial charge in [-0.3, -0.25) is 10.4 Å². The largest absolute Gasteiger partial charge is 0.372 e. The van der Waals surface area contributed by atoms with E-state index in [1.807, 2.05) is 47.1 Å². The minimum Gasteiger partial charge on any atom is -0.372 e. The molecule has 1 aromatic carbocycles. The summed E-state index contributed by atoms with van der Waals surface area (Å²) < 4.78 is 7.89. The van der Waals surface area contributed by atoms with Gasteiger partial charge < -0.3 is 14.5 Å². The van der Waals surface area contributed by atoms with Gasteiger partial charge in [0.25, 0.3) is 0 Å². The van der Waals surface area contributed by atoms with Crippen LogP contribution in [0, 0.1) is 6.92 Å². The molecule has 0 amide bonds. The van der Waals surface area contributed by atoms with Crippen LogP contribution in [0.25, 0.3) is 17.2 Å². The molecule has 0 radical (unpaired) electrons. The van der Waals surface area contributed by atoms with Gasteiger partial charge in [0.1, 0.15) is 12.0 Å². The minimum absolute atomic E-state index is 0.127. The number of nitrogens with zero attached hydrogens (tertiary/aromatic N) is 7. The van der Waals surface area contributed by atoms with E-state index in [1.54, 1.807) is 12.4 Å². The Morgan fingerprint density at radius 2 is 1.88 bits per heavy atom. The van der Waals surface area contributed by atoms with Crippen LogP contribution in [0.4, 0.5) is 5.95 Å². The van der Waals surface area contributed by atoms with Gasteiger partial charge in [0.15, 0.2) is 5.82 Å². The van der Waals surface area contributed by atoms with E-state index in [4.69, 9.17) is 14.8 Å². The number of hydrogen-bond donors (Lipinski definition) is 1. The summed E-state index contributed by atoms with van der Waals surface area (Å²) in [7, 11) is 1.99. The molecule has 1 saturated heterocycles. The Hall–Kier alpha value is -3.72. The highest BCUT2D eigenvalue weighted by Crippen LogP contribution is 2.30. The average molecular weight is 459 g/mol. The third-order valence-electron chi connectivity index (χ3n) is 5.99. The number of benzene rings is 1.